The molecular weight excluding hydrogens is 330 g/mol. The molecule has 5 rings (SSSR count). The summed E-state index contributed by atoms with van der Waals surface area (Å²) in [6.45, 7) is 7.63. The monoisotopic (exact) mass is 363 g/mol. The minimum atomic E-state index is -0.118. The van der Waals surface area contributed by atoms with Gasteiger partial charge in [-0.05, 0) is 90.2 Å². The van der Waals surface area contributed by atoms with E-state index in [1.807, 2.05) is 6.20 Å². The van der Waals surface area contributed by atoms with Crippen LogP contribution in [-0.2, 0) is 0 Å². The summed E-state index contributed by atoms with van der Waals surface area (Å²) in [5.74, 6) is 1.46. The van der Waals surface area contributed by atoms with Crippen LogP contribution in [0.25, 0.3) is 5.57 Å². The number of aromatic nitrogens is 1. The molecule has 0 bridgehead atoms. The van der Waals surface area contributed by atoms with Crippen molar-refractivity contribution in [1.82, 2.24) is 4.98 Å². The van der Waals surface area contributed by atoms with Gasteiger partial charge in [0.1, 0.15) is 0 Å². The number of allylic oxidation sites excluding steroid dienone is 3. The number of pyridine rings is 1. The third-order valence-electron chi connectivity index (χ3n) is 9.20. The van der Waals surface area contributed by atoms with Gasteiger partial charge in [0.2, 0.25) is 0 Å². The van der Waals surface area contributed by atoms with Crippen LogP contribution in [0.1, 0.15) is 71.3 Å². The highest BCUT2D eigenvalue weighted by molar-refractivity contribution is 5.72. The molecule has 0 aromatic carbocycles. The van der Waals surface area contributed by atoms with Gasteiger partial charge < -0.3 is 5.11 Å². The first-order chi connectivity index (χ1) is 12.9. The van der Waals surface area contributed by atoms with Crippen molar-refractivity contribution in [2.75, 3.05) is 0 Å². The maximum atomic E-state index is 10.2. The molecule has 144 valence electrons. The molecule has 0 spiro atoms. The van der Waals surface area contributed by atoms with Crippen LogP contribution in [0.2, 0.25) is 0 Å². The van der Waals surface area contributed by atoms with E-state index >= 15 is 0 Å². The molecule has 2 saturated carbocycles. The summed E-state index contributed by atoms with van der Waals surface area (Å²) < 4.78 is 0. The number of rotatable bonds is 1. The summed E-state index contributed by atoms with van der Waals surface area (Å²) >= 11 is 0. The van der Waals surface area contributed by atoms with Crippen LogP contribution >= 0.6 is 0 Å². The highest BCUT2D eigenvalue weighted by Gasteiger charge is 2.62. The van der Waals surface area contributed by atoms with Crippen molar-refractivity contribution < 1.29 is 5.11 Å². The van der Waals surface area contributed by atoms with Crippen LogP contribution in [0, 0.1) is 28.1 Å². The van der Waals surface area contributed by atoms with Crippen molar-refractivity contribution in [3.63, 3.8) is 0 Å². The Bertz CT molecular complexity index is 811. The first-order valence-electron chi connectivity index (χ1n) is 10.9. The van der Waals surface area contributed by atoms with E-state index in [0.717, 1.165) is 25.2 Å². The highest BCUT2D eigenvalue weighted by atomic mass is 16.3. The van der Waals surface area contributed by atoms with Gasteiger partial charge in [-0.15, -0.1) is 0 Å². The molecule has 6 atom stereocenters. The van der Waals surface area contributed by atoms with Crippen molar-refractivity contribution in [2.45, 2.75) is 71.8 Å². The number of aliphatic hydroxyl groups excluding tert-OH is 1. The Morgan fingerprint density at radius 2 is 1.85 bits per heavy atom. The van der Waals surface area contributed by atoms with Gasteiger partial charge in [0.25, 0.3) is 0 Å². The van der Waals surface area contributed by atoms with E-state index in [9.17, 15) is 5.11 Å². The number of hydrogen-bond acceptors (Lipinski definition) is 2. The molecule has 0 aliphatic heterocycles. The van der Waals surface area contributed by atoms with E-state index in [0.29, 0.717) is 16.7 Å². The van der Waals surface area contributed by atoms with E-state index in [1.165, 1.54) is 31.2 Å². The zero-order valence-corrected chi connectivity index (χ0v) is 17.0. The predicted molar refractivity (Wildman–Crippen MR) is 110 cm³/mol. The Labute approximate surface area is 163 Å². The number of aliphatic hydroxyl groups is 1. The van der Waals surface area contributed by atoms with Gasteiger partial charge >= 0.3 is 0 Å². The average Bonchev–Trinajstić information content (AvgIpc) is 3.02. The van der Waals surface area contributed by atoms with Crippen molar-refractivity contribution in [3.8, 4) is 0 Å². The lowest BCUT2D eigenvalue weighted by atomic mass is 9.41. The second-order valence-corrected chi connectivity index (χ2v) is 10.4. The summed E-state index contributed by atoms with van der Waals surface area (Å²) in [5.41, 5.74) is 5.34. The molecule has 0 saturated heterocycles. The number of fused-ring (bicyclic) bond motifs is 5. The molecule has 0 radical (unpaired) electrons. The third kappa shape index (κ3) is 2.32. The van der Waals surface area contributed by atoms with Gasteiger partial charge in [0.05, 0.1) is 6.10 Å². The van der Waals surface area contributed by atoms with Crippen LogP contribution in [0.3, 0.4) is 0 Å². The Morgan fingerprint density at radius 3 is 2.63 bits per heavy atom. The van der Waals surface area contributed by atoms with Gasteiger partial charge in [-0.2, -0.15) is 0 Å². The summed E-state index contributed by atoms with van der Waals surface area (Å²) in [4.78, 5) is 4.39. The molecule has 27 heavy (non-hydrogen) atoms. The smallest absolute Gasteiger partial charge is 0.0577 e. The second-order valence-electron chi connectivity index (χ2n) is 10.4. The molecule has 1 heterocycles. The van der Waals surface area contributed by atoms with Gasteiger partial charge in [-0.25, -0.2) is 0 Å². The molecule has 1 aromatic heterocycles. The normalized spacial score (nSPS) is 46.0. The van der Waals surface area contributed by atoms with E-state index < -0.39 is 0 Å². The van der Waals surface area contributed by atoms with Crippen molar-refractivity contribution >= 4 is 5.57 Å². The number of nitrogens with zero attached hydrogens (tertiary/aromatic N) is 1. The van der Waals surface area contributed by atoms with Gasteiger partial charge in [0, 0.05) is 12.4 Å². The van der Waals surface area contributed by atoms with Gasteiger partial charge in [0.15, 0.2) is 0 Å². The Balaban J connectivity index is 1.53. The summed E-state index contributed by atoms with van der Waals surface area (Å²) in [6, 6.07) is 4.31. The average molecular weight is 364 g/mol. The second kappa shape index (κ2) is 5.80. The molecule has 2 heteroatoms. The first-order valence-corrected chi connectivity index (χ1v) is 10.9. The van der Waals surface area contributed by atoms with Crippen LogP contribution in [0.15, 0.2) is 42.3 Å². The van der Waals surface area contributed by atoms with Crippen LogP contribution in [0.5, 0.6) is 0 Å². The standard InChI is InChI=1S/C25H33NO/c1-23-12-9-19(27)15-18(23)8-11-25(3)21-7-6-20(17-5-4-14-26-16-17)24(21,2)13-10-22(23)25/h4-6,8,14,16,19,21-22,27H,7,9-13,15H2,1-3H3/t19-,21+,22+,23-,24+,25-/m0/s1. The fraction of sp³-hybridized carbons (Fsp3) is 0.640. The fourth-order valence-corrected chi connectivity index (χ4v) is 7.81. The minimum Gasteiger partial charge on any atom is -0.393 e. The molecule has 2 fully saturated rings. The van der Waals surface area contributed by atoms with Crippen molar-refractivity contribution in [2.24, 2.45) is 28.1 Å². The van der Waals surface area contributed by atoms with E-state index in [-0.39, 0.29) is 11.5 Å². The zero-order valence-electron chi connectivity index (χ0n) is 17.0. The summed E-state index contributed by atoms with van der Waals surface area (Å²) in [7, 11) is 0. The molecule has 4 aliphatic rings. The number of hydrogen-bond donors (Lipinski definition) is 1. The van der Waals surface area contributed by atoms with Gasteiger partial charge in [-0.3, -0.25) is 4.98 Å². The maximum absolute atomic E-state index is 10.2. The SMILES string of the molecule is C[C@@]12CC=C3C[C@@H](O)CC[C@]3(C)[C@H]1CC[C@]1(C)C(c3cccnc3)=CC[C@@H]21. The van der Waals surface area contributed by atoms with Crippen LogP contribution < -0.4 is 0 Å². The molecule has 2 nitrogen and oxygen atoms in total. The van der Waals surface area contributed by atoms with Crippen LogP contribution in [-0.4, -0.2) is 16.2 Å². The van der Waals surface area contributed by atoms with E-state index in [2.05, 4.69) is 56.2 Å². The topological polar surface area (TPSA) is 33.1 Å². The predicted octanol–water partition coefficient (Wildman–Crippen LogP) is 5.79. The lowest BCUT2D eigenvalue weighted by Gasteiger charge is -2.63. The summed E-state index contributed by atoms with van der Waals surface area (Å²) in [6.07, 6.45) is 16.9. The Kier molecular flexibility index (Phi) is 3.79. The van der Waals surface area contributed by atoms with Crippen LogP contribution in [0.4, 0.5) is 0 Å². The quantitative estimate of drug-likeness (QED) is 0.641. The van der Waals surface area contributed by atoms with Crippen molar-refractivity contribution in [3.05, 3.63) is 47.8 Å². The largest absolute Gasteiger partial charge is 0.393 e. The zero-order chi connectivity index (χ0) is 18.9. The van der Waals surface area contributed by atoms with Crippen molar-refractivity contribution in [1.29, 1.82) is 0 Å². The van der Waals surface area contributed by atoms with Gasteiger partial charge in [-0.1, -0.05) is 44.6 Å². The fourth-order valence-electron chi connectivity index (χ4n) is 7.81. The maximum Gasteiger partial charge on any atom is 0.0577 e. The first kappa shape index (κ1) is 17.7. The molecular formula is C25H33NO. The van der Waals surface area contributed by atoms with E-state index in [4.69, 9.17) is 0 Å². The lowest BCUT2D eigenvalue weighted by molar-refractivity contribution is -0.0876. The third-order valence-corrected chi connectivity index (χ3v) is 9.20. The molecule has 1 N–H and O–H groups in total. The Morgan fingerprint density at radius 1 is 1.04 bits per heavy atom. The Hall–Kier alpha value is -1.41. The molecule has 0 unspecified atom stereocenters. The lowest BCUT2D eigenvalue weighted by Crippen LogP contribution is -2.55. The van der Waals surface area contributed by atoms with E-state index in [1.54, 1.807) is 11.1 Å². The molecule has 4 aliphatic carbocycles. The molecule has 0 amide bonds. The molecule has 1 aromatic rings. The summed E-state index contributed by atoms with van der Waals surface area (Å²) in [5, 5.41) is 10.2. The highest BCUT2D eigenvalue weighted by Crippen LogP contribution is 2.71. The minimum absolute atomic E-state index is 0.118.